The molecule has 1 saturated heterocycles. The van der Waals surface area contributed by atoms with Crippen molar-refractivity contribution in [2.45, 2.75) is 38.6 Å². The predicted molar refractivity (Wildman–Crippen MR) is 79.0 cm³/mol. The van der Waals surface area contributed by atoms with Gasteiger partial charge in [-0.2, -0.15) is 0 Å². The van der Waals surface area contributed by atoms with E-state index in [-0.39, 0.29) is 5.69 Å². The van der Waals surface area contributed by atoms with E-state index in [0.717, 1.165) is 31.9 Å². The fourth-order valence-electron chi connectivity index (χ4n) is 2.59. The monoisotopic (exact) mass is 278 g/mol. The topological polar surface area (TPSA) is 71.3 Å². The van der Waals surface area contributed by atoms with Gasteiger partial charge in [0, 0.05) is 25.2 Å². The Kier molecular flexibility index (Phi) is 5.29. The first-order chi connectivity index (χ1) is 9.70. The van der Waals surface area contributed by atoms with E-state index >= 15 is 0 Å². The highest BCUT2D eigenvalue weighted by Gasteiger charge is 2.18. The molecule has 0 amide bonds. The lowest BCUT2D eigenvalue weighted by Gasteiger charge is -2.31. The van der Waals surface area contributed by atoms with Crippen molar-refractivity contribution in [3.8, 4) is 0 Å². The number of rotatable bonds is 6. The molecule has 0 saturated carbocycles. The Hall–Kier alpha value is -1.69. The molecule has 1 aromatic rings. The van der Waals surface area contributed by atoms with Gasteiger partial charge >= 0.3 is 0 Å². The molecule has 0 aliphatic carbocycles. The average Bonchev–Trinajstić information content (AvgIpc) is 2.48. The van der Waals surface area contributed by atoms with E-state index in [1.165, 1.54) is 31.5 Å². The van der Waals surface area contributed by atoms with Crippen LogP contribution in [0, 0.1) is 10.1 Å². The number of nitro groups is 1. The molecule has 6 nitrogen and oxygen atoms in total. The van der Waals surface area contributed by atoms with E-state index in [2.05, 4.69) is 22.1 Å². The largest absolute Gasteiger partial charge is 0.355 e. The summed E-state index contributed by atoms with van der Waals surface area (Å²) in [7, 11) is 0. The van der Waals surface area contributed by atoms with Crippen molar-refractivity contribution in [1.82, 2.24) is 10.3 Å². The quantitative estimate of drug-likeness (QED) is 0.639. The van der Waals surface area contributed by atoms with E-state index in [1.807, 2.05) is 0 Å². The molecular weight excluding hydrogens is 256 g/mol. The van der Waals surface area contributed by atoms with Crippen molar-refractivity contribution in [2.75, 3.05) is 24.5 Å². The number of hydrogen-bond acceptors (Lipinski definition) is 5. The van der Waals surface area contributed by atoms with Gasteiger partial charge in [-0.05, 0) is 31.9 Å². The summed E-state index contributed by atoms with van der Waals surface area (Å²) < 4.78 is 0. The zero-order valence-corrected chi connectivity index (χ0v) is 11.9. The Balaban J connectivity index is 2.04. The maximum absolute atomic E-state index is 10.7. The highest BCUT2D eigenvalue weighted by Crippen LogP contribution is 2.18. The molecule has 1 unspecified atom stereocenters. The van der Waals surface area contributed by atoms with Crippen LogP contribution in [-0.4, -0.2) is 35.6 Å². The average molecular weight is 278 g/mol. The third-order valence-electron chi connectivity index (χ3n) is 3.61. The van der Waals surface area contributed by atoms with E-state index in [1.54, 1.807) is 6.07 Å². The molecule has 1 aromatic heterocycles. The summed E-state index contributed by atoms with van der Waals surface area (Å²) in [4.78, 5) is 16.7. The number of pyridine rings is 1. The Morgan fingerprint density at radius 3 is 2.90 bits per heavy atom. The van der Waals surface area contributed by atoms with Crippen molar-refractivity contribution < 1.29 is 4.92 Å². The molecule has 0 bridgehead atoms. The van der Waals surface area contributed by atoms with Crippen LogP contribution in [0.15, 0.2) is 18.3 Å². The van der Waals surface area contributed by atoms with Crippen LogP contribution in [0.3, 0.4) is 0 Å². The number of anilines is 1. The number of hydrogen-bond donors (Lipinski definition) is 1. The standard InChI is InChI=1S/C14H22N4O2/c1-2-9-17(11-12-5-3-4-8-15-12)14-7-6-13(10-16-14)18(19)20/h6-7,10,12,15H,2-5,8-9,11H2,1H3. The number of nitrogens with zero attached hydrogens (tertiary/aromatic N) is 3. The van der Waals surface area contributed by atoms with Gasteiger partial charge in [-0.15, -0.1) is 0 Å². The molecule has 20 heavy (non-hydrogen) atoms. The third kappa shape index (κ3) is 3.90. The maximum atomic E-state index is 10.7. The van der Waals surface area contributed by atoms with E-state index < -0.39 is 4.92 Å². The van der Waals surface area contributed by atoms with Gasteiger partial charge in [0.2, 0.25) is 0 Å². The zero-order chi connectivity index (χ0) is 14.4. The van der Waals surface area contributed by atoms with Gasteiger partial charge in [0.15, 0.2) is 0 Å². The van der Waals surface area contributed by atoms with Gasteiger partial charge in [0.05, 0.1) is 4.92 Å². The van der Waals surface area contributed by atoms with Crippen LogP contribution in [-0.2, 0) is 0 Å². The lowest BCUT2D eigenvalue weighted by Crippen LogP contribution is -2.44. The molecule has 1 N–H and O–H groups in total. The lowest BCUT2D eigenvalue weighted by atomic mass is 10.0. The molecule has 0 radical (unpaired) electrons. The SMILES string of the molecule is CCCN(CC1CCCCN1)c1ccc([N+](=O)[O-])cn1. The summed E-state index contributed by atoms with van der Waals surface area (Å²) in [6.45, 7) is 5.05. The fourth-order valence-corrected chi connectivity index (χ4v) is 2.59. The molecule has 1 aliphatic heterocycles. The van der Waals surface area contributed by atoms with Crippen LogP contribution in [0.25, 0.3) is 0 Å². The van der Waals surface area contributed by atoms with Crippen LogP contribution in [0.2, 0.25) is 0 Å². The summed E-state index contributed by atoms with van der Waals surface area (Å²) in [5, 5.41) is 14.2. The molecule has 2 rings (SSSR count). The first-order valence-electron chi connectivity index (χ1n) is 7.29. The second-order valence-corrected chi connectivity index (χ2v) is 5.22. The van der Waals surface area contributed by atoms with Crippen molar-refractivity contribution in [2.24, 2.45) is 0 Å². The van der Waals surface area contributed by atoms with Crippen molar-refractivity contribution in [3.63, 3.8) is 0 Å². The second-order valence-electron chi connectivity index (χ2n) is 5.22. The van der Waals surface area contributed by atoms with Gasteiger partial charge < -0.3 is 10.2 Å². The minimum Gasteiger partial charge on any atom is -0.355 e. The smallest absolute Gasteiger partial charge is 0.287 e. The number of nitrogens with one attached hydrogen (secondary N) is 1. The van der Waals surface area contributed by atoms with Gasteiger partial charge in [-0.25, -0.2) is 4.98 Å². The highest BCUT2D eigenvalue weighted by molar-refractivity contribution is 5.43. The number of aromatic nitrogens is 1. The first-order valence-corrected chi connectivity index (χ1v) is 7.29. The van der Waals surface area contributed by atoms with Gasteiger partial charge in [-0.1, -0.05) is 13.3 Å². The molecular formula is C14H22N4O2. The minimum atomic E-state index is -0.413. The molecule has 2 heterocycles. The molecule has 1 aliphatic rings. The molecule has 6 heteroatoms. The summed E-state index contributed by atoms with van der Waals surface area (Å²) in [6, 6.07) is 3.77. The summed E-state index contributed by atoms with van der Waals surface area (Å²) >= 11 is 0. The van der Waals surface area contributed by atoms with Crippen LogP contribution in [0.1, 0.15) is 32.6 Å². The first kappa shape index (κ1) is 14.7. The molecule has 0 aromatic carbocycles. The Morgan fingerprint density at radius 2 is 2.35 bits per heavy atom. The van der Waals surface area contributed by atoms with E-state index in [0.29, 0.717) is 6.04 Å². The van der Waals surface area contributed by atoms with Crippen LogP contribution in [0.5, 0.6) is 0 Å². The van der Waals surface area contributed by atoms with Crippen molar-refractivity contribution in [3.05, 3.63) is 28.4 Å². The summed E-state index contributed by atoms with van der Waals surface area (Å²) in [6.07, 6.45) is 6.08. The predicted octanol–water partition coefficient (Wildman–Crippen LogP) is 2.35. The summed E-state index contributed by atoms with van der Waals surface area (Å²) in [5.74, 6) is 0.824. The molecule has 0 spiro atoms. The van der Waals surface area contributed by atoms with Crippen molar-refractivity contribution in [1.29, 1.82) is 0 Å². The summed E-state index contributed by atoms with van der Waals surface area (Å²) in [5.41, 5.74) is 0.0426. The van der Waals surface area contributed by atoms with Crippen LogP contribution < -0.4 is 10.2 Å². The lowest BCUT2D eigenvalue weighted by molar-refractivity contribution is -0.385. The maximum Gasteiger partial charge on any atom is 0.287 e. The normalized spacial score (nSPS) is 18.8. The second kappa shape index (κ2) is 7.19. The van der Waals surface area contributed by atoms with Gasteiger partial charge in [-0.3, -0.25) is 10.1 Å². The minimum absolute atomic E-state index is 0.0426. The zero-order valence-electron chi connectivity index (χ0n) is 11.9. The fraction of sp³-hybridized carbons (Fsp3) is 0.643. The third-order valence-corrected chi connectivity index (χ3v) is 3.61. The highest BCUT2D eigenvalue weighted by atomic mass is 16.6. The Bertz CT molecular complexity index is 429. The van der Waals surface area contributed by atoms with Gasteiger partial charge in [0.25, 0.3) is 5.69 Å². The van der Waals surface area contributed by atoms with Crippen LogP contribution in [0.4, 0.5) is 11.5 Å². The van der Waals surface area contributed by atoms with Crippen molar-refractivity contribution >= 4 is 11.5 Å². The molecule has 110 valence electrons. The molecule has 1 fully saturated rings. The molecule has 1 atom stereocenters. The van der Waals surface area contributed by atoms with Crippen LogP contribution >= 0.6 is 0 Å². The van der Waals surface area contributed by atoms with E-state index in [9.17, 15) is 10.1 Å². The van der Waals surface area contributed by atoms with Gasteiger partial charge in [0.1, 0.15) is 12.0 Å². The number of piperidine rings is 1. The van der Waals surface area contributed by atoms with E-state index in [4.69, 9.17) is 0 Å². The Labute approximate surface area is 119 Å². The Morgan fingerprint density at radius 1 is 1.50 bits per heavy atom.